The van der Waals surface area contributed by atoms with Crippen LogP contribution in [0.3, 0.4) is 0 Å². The fourth-order valence-electron chi connectivity index (χ4n) is 2.40. The maximum Gasteiger partial charge on any atom is 0.126 e. The number of carbonyl (C=O) groups is 1. The third-order valence-corrected chi connectivity index (χ3v) is 3.45. The highest BCUT2D eigenvalue weighted by atomic mass is 16.1. The zero-order valence-electron chi connectivity index (χ0n) is 8.47. The molecule has 0 aromatic heterocycles. The molecule has 0 radical (unpaired) electrons. The van der Waals surface area contributed by atoms with Crippen molar-refractivity contribution in [1.82, 2.24) is 0 Å². The van der Waals surface area contributed by atoms with Crippen molar-refractivity contribution in [3.8, 4) is 0 Å². The summed E-state index contributed by atoms with van der Waals surface area (Å²) in [5, 5.41) is 0. The fourth-order valence-corrected chi connectivity index (χ4v) is 2.40. The first-order valence-electron chi connectivity index (χ1n) is 5.07. The molecule has 1 nitrogen and oxygen atoms in total. The summed E-state index contributed by atoms with van der Waals surface area (Å²) in [6.45, 7) is 6.61. The molecule has 1 fully saturated rings. The molecule has 0 aliphatic heterocycles. The summed E-state index contributed by atoms with van der Waals surface area (Å²) in [6.07, 6.45) is 5.97. The molecule has 0 N–H and O–H groups in total. The van der Waals surface area contributed by atoms with Crippen molar-refractivity contribution in [2.24, 2.45) is 17.3 Å². The lowest BCUT2D eigenvalue weighted by atomic mass is 9.65. The molecule has 2 unspecified atom stereocenters. The summed E-state index contributed by atoms with van der Waals surface area (Å²) in [5.74, 6) is 1.25. The van der Waals surface area contributed by atoms with Gasteiger partial charge in [-0.25, -0.2) is 0 Å². The van der Waals surface area contributed by atoms with Gasteiger partial charge in [-0.2, -0.15) is 0 Å². The van der Waals surface area contributed by atoms with Gasteiger partial charge in [-0.15, -0.1) is 0 Å². The van der Waals surface area contributed by atoms with Gasteiger partial charge in [0, 0.05) is 5.41 Å². The quantitative estimate of drug-likeness (QED) is 0.579. The molecule has 0 aromatic carbocycles. The van der Waals surface area contributed by atoms with E-state index in [4.69, 9.17) is 0 Å². The molecule has 1 saturated carbocycles. The molecule has 0 aromatic rings. The third kappa shape index (κ3) is 1.70. The first-order chi connectivity index (χ1) is 5.60. The highest BCUT2D eigenvalue weighted by Crippen LogP contribution is 2.42. The lowest BCUT2D eigenvalue weighted by Crippen LogP contribution is -2.34. The van der Waals surface area contributed by atoms with Crippen LogP contribution in [0.1, 0.15) is 46.5 Å². The zero-order chi connectivity index (χ0) is 9.19. The minimum absolute atomic E-state index is 0.0116. The minimum atomic E-state index is 0.0116. The molecule has 0 spiro atoms. The Bertz CT molecular complexity index is 162. The van der Waals surface area contributed by atoms with Gasteiger partial charge in [0.2, 0.25) is 0 Å². The fraction of sp³-hybridized carbons (Fsp3) is 0.909. The van der Waals surface area contributed by atoms with Gasteiger partial charge < -0.3 is 4.79 Å². The number of aldehydes is 1. The molecule has 2 atom stereocenters. The van der Waals surface area contributed by atoms with E-state index in [9.17, 15) is 4.79 Å². The van der Waals surface area contributed by atoms with E-state index in [1.165, 1.54) is 19.1 Å². The first kappa shape index (κ1) is 9.76. The van der Waals surface area contributed by atoms with Crippen LogP contribution in [-0.4, -0.2) is 6.29 Å². The maximum absolute atomic E-state index is 11.1. The number of rotatable bonds is 2. The molecule has 1 aliphatic rings. The summed E-state index contributed by atoms with van der Waals surface area (Å²) in [6, 6.07) is 0. The van der Waals surface area contributed by atoms with Crippen molar-refractivity contribution in [2.45, 2.75) is 46.5 Å². The van der Waals surface area contributed by atoms with Gasteiger partial charge in [-0.3, -0.25) is 0 Å². The molecule has 1 aliphatic carbocycles. The van der Waals surface area contributed by atoms with E-state index >= 15 is 0 Å². The Balaban J connectivity index is 2.71. The van der Waals surface area contributed by atoms with Crippen molar-refractivity contribution in [3.05, 3.63) is 0 Å². The molecule has 70 valence electrons. The van der Waals surface area contributed by atoms with Gasteiger partial charge in [-0.05, 0) is 24.7 Å². The molecule has 1 heteroatoms. The smallest absolute Gasteiger partial charge is 0.126 e. The van der Waals surface area contributed by atoms with Crippen molar-refractivity contribution < 1.29 is 4.79 Å². The average Bonchev–Trinajstić information content (AvgIpc) is 2.04. The van der Waals surface area contributed by atoms with E-state index < -0.39 is 0 Å². The second kappa shape index (κ2) is 3.59. The van der Waals surface area contributed by atoms with E-state index in [1.807, 2.05) is 0 Å². The molecule has 12 heavy (non-hydrogen) atoms. The van der Waals surface area contributed by atoms with Gasteiger partial charge in [0.05, 0.1) is 0 Å². The summed E-state index contributed by atoms with van der Waals surface area (Å²) in [4.78, 5) is 11.1. The number of hydrogen-bond acceptors (Lipinski definition) is 1. The van der Waals surface area contributed by atoms with Crippen LogP contribution in [0.5, 0.6) is 0 Å². The Labute approximate surface area is 75.5 Å². The zero-order valence-corrected chi connectivity index (χ0v) is 8.47. The number of hydrogen-bond donors (Lipinski definition) is 0. The van der Waals surface area contributed by atoms with E-state index in [0.29, 0.717) is 5.92 Å². The van der Waals surface area contributed by atoms with Crippen LogP contribution in [0.25, 0.3) is 0 Å². The molecule has 0 saturated heterocycles. The Morgan fingerprint density at radius 3 is 2.50 bits per heavy atom. The van der Waals surface area contributed by atoms with Crippen LogP contribution in [-0.2, 0) is 4.79 Å². The Kier molecular flexibility index (Phi) is 2.92. The highest BCUT2D eigenvalue weighted by Gasteiger charge is 2.37. The van der Waals surface area contributed by atoms with Crippen LogP contribution in [0.4, 0.5) is 0 Å². The number of carbonyl (C=O) groups excluding carboxylic acids is 1. The molecule has 0 heterocycles. The standard InChI is InChI=1S/C11H20O/c1-9(2)11(8-12)6-4-5-10(3)7-11/h8-10H,4-7H2,1-3H3. The van der Waals surface area contributed by atoms with Crippen LogP contribution in [0.2, 0.25) is 0 Å². The van der Waals surface area contributed by atoms with Gasteiger partial charge >= 0.3 is 0 Å². The van der Waals surface area contributed by atoms with Gasteiger partial charge in [0.15, 0.2) is 0 Å². The van der Waals surface area contributed by atoms with E-state index in [-0.39, 0.29) is 5.41 Å². The maximum atomic E-state index is 11.1. The second-order valence-electron chi connectivity index (χ2n) is 4.71. The lowest BCUT2D eigenvalue weighted by molar-refractivity contribution is -0.121. The second-order valence-corrected chi connectivity index (χ2v) is 4.71. The van der Waals surface area contributed by atoms with Crippen LogP contribution in [0.15, 0.2) is 0 Å². The topological polar surface area (TPSA) is 17.1 Å². The lowest BCUT2D eigenvalue weighted by Gasteiger charge is -2.38. The highest BCUT2D eigenvalue weighted by molar-refractivity contribution is 5.60. The molecule has 0 amide bonds. The Hall–Kier alpha value is -0.330. The molecular formula is C11H20O. The van der Waals surface area contributed by atoms with Crippen LogP contribution in [0, 0.1) is 17.3 Å². The summed E-state index contributed by atoms with van der Waals surface area (Å²) in [7, 11) is 0. The van der Waals surface area contributed by atoms with E-state index in [2.05, 4.69) is 20.8 Å². The third-order valence-electron chi connectivity index (χ3n) is 3.45. The van der Waals surface area contributed by atoms with E-state index in [1.54, 1.807) is 0 Å². The predicted molar refractivity (Wildman–Crippen MR) is 51.0 cm³/mol. The molecular weight excluding hydrogens is 148 g/mol. The van der Waals surface area contributed by atoms with Crippen molar-refractivity contribution >= 4 is 6.29 Å². The Morgan fingerprint density at radius 2 is 2.17 bits per heavy atom. The average molecular weight is 168 g/mol. The van der Waals surface area contributed by atoms with Gasteiger partial charge in [0.25, 0.3) is 0 Å². The van der Waals surface area contributed by atoms with Crippen molar-refractivity contribution in [2.75, 3.05) is 0 Å². The van der Waals surface area contributed by atoms with Crippen molar-refractivity contribution in [1.29, 1.82) is 0 Å². The SMILES string of the molecule is CC1CCCC(C=O)(C(C)C)C1. The minimum Gasteiger partial charge on any atom is -0.303 e. The van der Waals surface area contributed by atoms with Crippen LogP contribution >= 0.6 is 0 Å². The first-order valence-corrected chi connectivity index (χ1v) is 5.07. The summed E-state index contributed by atoms with van der Waals surface area (Å²) >= 11 is 0. The Morgan fingerprint density at radius 1 is 1.50 bits per heavy atom. The normalized spacial score (nSPS) is 36.8. The van der Waals surface area contributed by atoms with Gasteiger partial charge in [-0.1, -0.05) is 33.6 Å². The summed E-state index contributed by atoms with van der Waals surface area (Å²) in [5.41, 5.74) is 0.0116. The molecule has 1 rings (SSSR count). The van der Waals surface area contributed by atoms with Gasteiger partial charge in [0.1, 0.15) is 6.29 Å². The predicted octanol–water partition coefficient (Wildman–Crippen LogP) is 3.04. The van der Waals surface area contributed by atoms with E-state index in [0.717, 1.165) is 18.8 Å². The monoisotopic (exact) mass is 168 g/mol. The van der Waals surface area contributed by atoms with Crippen LogP contribution < -0.4 is 0 Å². The molecule has 0 bridgehead atoms. The summed E-state index contributed by atoms with van der Waals surface area (Å²) < 4.78 is 0. The largest absolute Gasteiger partial charge is 0.303 e. The van der Waals surface area contributed by atoms with Crippen molar-refractivity contribution in [3.63, 3.8) is 0 Å².